The molecule has 0 atom stereocenters. The Kier molecular flexibility index (Phi) is 8.03. The summed E-state index contributed by atoms with van der Waals surface area (Å²) in [5.74, 6) is 1.95. The van der Waals surface area contributed by atoms with Gasteiger partial charge in [-0.1, -0.05) is 19.1 Å². The predicted molar refractivity (Wildman–Crippen MR) is 158 cm³/mol. The molecule has 1 aliphatic heterocycles. The molecule has 4 aromatic rings. The van der Waals surface area contributed by atoms with Crippen LogP contribution in [0.15, 0.2) is 48.0 Å². The molecule has 8 heteroatoms. The van der Waals surface area contributed by atoms with Crippen LogP contribution in [0.5, 0.6) is 5.75 Å². The summed E-state index contributed by atoms with van der Waals surface area (Å²) in [5, 5.41) is 2.14. The van der Waals surface area contributed by atoms with Crippen molar-refractivity contribution < 1.29 is 14.3 Å². The van der Waals surface area contributed by atoms with Gasteiger partial charge in [-0.25, -0.2) is 9.78 Å². The van der Waals surface area contributed by atoms with Gasteiger partial charge in [-0.05, 0) is 75.2 Å². The molecule has 1 fully saturated rings. The molecule has 0 aliphatic carbocycles. The lowest BCUT2D eigenvalue weighted by molar-refractivity contribution is 0.0126. The third kappa shape index (κ3) is 6.49. The topological polar surface area (TPSA) is 61.5 Å². The minimum Gasteiger partial charge on any atom is -0.490 e. The number of amides is 1. The molecule has 0 N–H and O–H groups in total. The molecule has 0 bridgehead atoms. The number of hydrogen-bond acceptors (Lipinski definition) is 5. The molecule has 0 radical (unpaired) electrons. The smallest absolute Gasteiger partial charge is 0.410 e. The highest BCUT2D eigenvalue weighted by Crippen LogP contribution is 2.31. The second-order valence-corrected chi connectivity index (χ2v) is 12.3. The van der Waals surface area contributed by atoms with Gasteiger partial charge >= 0.3 is 6.09 Å². The minimum atomic E-state index is -0.472. The zero-order valence-corrected chi connectivity index (χ0v) is 24.6. The Morgan fingerprint density at radius 1 is 1.15 bits per heavy atom. The number of likely N-dealkylation sites (tertiary alicyclic amines) is 1. The van der Waals surface area contributed by atoms with E-state index in [0.717, 1.165) is 55.9 Å². The normalized spacial score (nSPS) is 14.7. The number of benzene rings is 1. The summed E-state index contributed by atoms with van der Waals surface area (Å²) in [6, 6.07) is 12.9. The molecular weight excluding hydrogens is 508 g/mol. The van der Waals surface area contributed by atoms with E-state index in [9.17, 15) is 4.79 Å². The maximum atomic E-state index is 12.3. The van der Waals surface area contributed by atoms with Gasteiger partial charge in [0.25, 0.3) is 0 Å². The van der Waals surface area contributed by atoms with E-state index in [2.05, 4.69) is 65.0 Å². The fourth-order valence-corrected chi connectivity index (χ4v) is 6.03. The van der Waals surface area contributed by atoms with Crippen LogP contribution >= 0.6 is 11.3 Å². The molecule has 39 heavy (non-hydrogen) atoms. The lowest BCUT2D eigenvalue weighted by atomic mass is 10.1. The number of piperidine rings is 1. The molecular formula is C31H40N4O3S. The average molecular weight is 549 g/mol. The highest BCUT2D eigenvalue weighted by atomic mass is 32.1. The van der Waals surface area contributed by atoms with Gasteiger partial charge in [-0.2, -0.15) is 0 Å². The third-order valence-corrected chi connectivity index (χ3v) is 8.09. The van der Waals surface area contributed by atoms with E-state index in [1.54, 1.807) is 16.2 Å². The SMILES string of the molecule is CCc1cn(CCCc2cccc(OC3CCN(C(=O)OC(C)(C)C)CC3)c2)c(-c2cc3sccc3n2C)n1. The number of aromatic nitrogens is 3. The van der Waals surface area contributed by atoms with E-state index in [1.165, 1.54) is 21.5 Å². The highest BCUT2D eigenvalue weighted by Gasteiger charge is 2.27. The number of thiophene rings is 1. The van der Waals surface area contributed by atoms with E-state index >= 15 is 0 Å². The molecule has 0 spiro atoms. The van der Waals surface area contributed by atoms with Crippen LogP contribution in [-0.2, 0) is 31.2 Å². The molecule has 0 saturated carbocycles. The largest absolute Gasteiger partial charge is 0.490 e. The summed E-state index contributed by atoms with van der Waals surface area (Å²) in [6.07, 6.45) is 6.61. The number of carbonyl (C=O) groups is 1. The lowest BCUT2D eigenvalue weighted by Gasteiger charge is -2.33. The number of hydrogen-bond donors (Lipinski definition) is 0. The summed E-state index contributed by atoms with van der Waals surface area (Å²) in [5.41, 5.74) is 4.36. The molecule has 5 rings (SSSR count). The molecule has 0 unspecified atom stereocenters. The van der Waals surface area contributed by atoms with E-state index in [4.69, 9.17) is 14.5 Å². The summed E-state index contributed by atoms with van der Waals surface area (Å²) >= 11 is 1.77. The van der Waals surface area contributed by atoms with Crippen LogP contribution in [-0.4, -0.2) is 49.9 Å². The maximum Gasteiger partial charge on any atom is 0.410 e. The van der Waals surface area contributed by atoms with Gasteiger partial charge in [0.2, 0.25) is 0 Å². The number of nitrogens with zero attached hydrogens (tertiary/aromatic N) is 4. The fourth-order valence-electron chi connectivity index (χ4n) is 5.18. The second kappa shape index (κ2) is 11.5. The molecule has 4 heterocycles. The van der Waals surface area contributed by atoms with Crippen LogP contribution < -0.4 is 4.74 Å². The van der Waals surface area contributed by atoms with Crippen molar-refractivity contribution in [2.75, 3.05) is 13.1 Å². The van der Waals surface area contributed by atoms with Crippen molar-refractivity contribution >= 4 is 27.6 Å². The third-order valence-electron chi connectivity index (χ3n) is 7.24. The van der Waals surface area contributed by atoms with Crippen LogP contribution in [0, 0.1) is 0 Å². The summed E-state index contributed by atoms with van der Waals surface area (Å²) in [4.78, 5) is 19.1. The summed E-state index contributed by atoms with van der Waals surface area (Å²) < 4.78 is 17.7. The zero-order valence-electron chi connectivity index (χ0n) is 23.8. The first-order valence-corrected chi connectivity index (χ1v) is 14.9. The Balaban J connectivity index is 1.17. The number of carbonyl (C=O) groups excluding carboxylic acids is 1. The van der Waals surface area contributed by atoms with Gasteiger partial charge in [0, 0.05) is 45.7 Å². The molecule has 7 nitrogen and oxygen atoms in total. The van der Waals surface area contributed by atoms with E-state index in [-0.39, 0.29) is 12.2 Å². The number of fused-ring (bicyclic) bond motifs is 1. The van der Waals surface area contributed by atoms with Crippen LogP contribution in [0.2, 0.25) is 0 Å². The standard InChI is InChI=1S/C31H40N4O3S/c1-6-23-21-35(29(32-23)27-20-28-26(33(27)5)14-18-39-28)15-8-10-22-9-7-11-25(19-22)37-24-12-16-34(17-13-24)30(36)38-31(2,3)4/h7,9,11,14,18-21,24H,6,8,10,12-13,15-17H2,1-5H3. The van der Waals surface area contributed by atoms with Gasteiger partial charge in [0.15, 0.2) is 5.82 Å². The number of ether oxygens (including phenoxy) is 2. The van der Waals surface area contributed by atoms with Crippen LogP contribution in [0.25, 0.3) is 21.7 Å². The Bertz CT molecular complexity index is 1420. The first kappa shape index (κ1) is 27.3. The average Bonchev–Trinajstić information content (AvgIpc) is 3.60. The van der Waals surface area contributed by atoms with Crippen molar-refractivity contribution in [3.8, 4) is 17.3 Å². The van der Waals surface area contributed by atoms with Crippen LogP contribution in [0.1, 0.15) is 58.2 Å². The number of imidazole rings is 1. The van der Waals surface area contributed by atoms with Crippen molar-refractivity contribution in [3.05, 3.63) is 59.2 Å². The van der Waals surface area contributed by atoms with Gasteiger partial charge in [-0.3, -0.25) is 0 Å². The van der Waals surface area contributed by atoms with Gasteiger partial charge in [0.1, 0.15) is 17.5 Å². The number of rotatable bonds is 8. The maximum absolute atomic E-state index is 12.3. The van der Waals surface area contributed by atoms with E-state index in [0.29, 0.717) is 13.1 Å². The monoisotopic (exact) mass is 548 g/mol. The van der Waals surface area contributed by atoms with Crippen LogP contribution in [0.3, 0.4) is 0 Å². The van der Waals surface area contributed by atoms with E-state index < -0.39 is 5.60 Å². The summed E-state index contributed by atoms with van der Waals surface area (Å²) in [7, 11) is 2.13. The van der Waals surface area contributed by atoms with Crippen molar-refractivity contribution in [2.24, 2.45) is 7.05 Å². The van der Waals surface area contributed by atoms with Gasteiger partial charge in [0.05, 0.1) is 21.6 Å². The molecule has 1 saturated heterocycles. The Labute approximate surface area is 235 Å². The minimum absolute atomic E-state index is 0.111. The van der Waals surface area contributed by atoms with Crippen molar-refractivity contribution in [1.82, 2.24) is 19.0 Å². The van der Waals surface area contributed by atoms with E-state index in [1.807, 2.05) is 26.8 Å². The zero-order chi connectivity index (χ0) is 27.6. The number of aryl methyl sites for hydroxylation is 4. The molecule has 1 aromatic carbocycles. The van der Waals surface area contributed by atoms with Crippen LogP contribution in [0.4, 0.5) is 4.79 Å². The Morgan fingerprint density at radius 2 is 1.95 bits per heavy atom. The highest BCUT2D eigenvalue weighted by molar-refractivity contribution is 7.17. The van der Waals surface area contributed by atoms with Gasteiger partial charge in [-0.15, -0.1) is 11.3 Å². The van der Waals surface area contributed by atoms with Gasteiger partial charge < -0.3 is 23.5 Å². The van der Waals surface area contributed by atoms with Crippen molar-refractivity contribution in [3.63, 3.8) is 0 Å². The molecule has 1 aliphatic rings. The molecule has 3 aromatic heterocycles. The first-order valence-electron chi connectivity index (χ1n) is 14.0. The predicted octanol–water partition coefficient (Wildman–Crippen LogP) is 7.08. The Morgan fingerprint density at radius 3 is 2.67 bits per heavy atom. The quantitative estimate of drug-likeness (QED) is 0.236. The lowest BCUT2D eigenvalue weighted by Crippen LogP contribution is -2.44. The Hall–Kier alpha value is -3.26. The van der Waals surface area contributed by atoms with Crippen molar-refractivity contribution in [1.29, 1.82) is 0 Å². The fraction of sp³-hybridized carbons (Fsp3) is 0.484. The molecule has 1 amide bonds. The molecule has 208 valence electrons. The van der Waals surface area contributed by atoms with Crippen molar-refractivity contribution in [2.45, 2.75) is 78.0 Å². The summed E-state index contributed by atoms with van der Waals surface area (Å²) in [6.45, 7) is 10.1. The first-order chi connectivity index (χ1) is 18.7. The second-order valence-electron chi connectivity index (χ2n) is 11.4.